The molecule has 17 heavy (non-hydrogen) atoms. The first kappa shape index (κ1) is 12.8. The van der Waals surface area contributed by atoms with Gasteiger partial charge in [0, 0.05) is 19.1 Å². The lowest BCUT2D eigenvalue weighted by Gasteiger charge is -2.32. The smallest absolute Gasteiger partial charge is 0.237 e. The van der Waals surface area contributed by atoms with E-state index in [-0.39, 0.29) is 11.9 Å². The molecule has 0 saturated carbocycles. The minimum Gasteiger partial charge on any atom is -0.352 e. The van der Waals surface area contributed by atoms with Crippen LogP contribution in [0.5, 0.6) is 0 Å². The molecule has 0 aromatic rings. The van der Waals surface area contributed by atoms with Gasteiger partial charge in [-0.1, -0.05) is 13.8 Å². The van der Waals surface area contributed by atoms with E-state index in [1.165, 1.54) is 0 Å². The SMILES string of the molecule is CCN1CCC(NC(=O)C2NCCC2C)CC1. The molecule has 4 heteroatoms. The molecule has 0 bridgehead atoms. The van der Waals surface area contributed by atoms with Crippen LogP contribution in [0.3, 0.4) is 0 Å². The van der Waals surface area contributed by atoms with Crippen LogP contribution in [0.15, 0.2) is 0 Å². The van der Waals surface area contributed by atoms with Crippen molar-refractivity contribution in [2.24, 2.45) is 5.92 Å². The lowest BCUT2D eigenvalue weighted by molar-refractivity contribution is -0.124. The summed E-state index contributed by atoms with van der Waals surface area (Å²) >= 11 is 0. The minimum atomic E-state index is 0.0409. The lowest BCUT2D eigenvalue weighted by atomic mass is 10.0. The highest BCUT2D eigenvalue weighted by molar-refractivity contribution is 5.82. The minimum absolute atomic E-state index is 0.0409. The summed E-state index contributed by atoms with van der Waals surface area (Å²) < 4.78 is 0. The van der Waals surface area contributed by atoms with Gasteiger partial charge in [-0.05, 0) is 38.3 Å². The number of carbonyl (C=O) groups is 1. The maximum atomic E-state index is 12.1. The molecule has 4 nitrogen and oxygen atoms in total. The van der Waals surface area contributed by atoms with Gasteiger partial charge >= 0.3 is 0 Å². The summed E-state index contributed by atoms with van der Waals surface area (Å²) in [7, 11) is 0. The van der Waals surface area contributed by atoms with Crippen molar-refractivity contribution < 1.29 is 4.79 Å². The van der Waals surface area contributed by atoms with Gasteiger partial charge in [0.15, 0.2) is 0 Å². The molecule has 2 atom stereocenters. The predicted octanol–water partition coefficient (Wildman–Crippen LogP) is 0.585. The Kier molecular flexibility index (Phi) is 4.40. The molecule has 2 fully saturated rings. The van der Waals surface area contributed by atoms with E-state index in [2.05, 4.69) is 29.4 Å². The van der Waals surface area contributed by atoms with Crippen LogP contribution >= 0.6 is 0 Å². The molecular formula is C13H25N3O. The van der Waals surface area contributed by atoms with Gasteiger partial charge in [-0.15, -0.1) is 0 Å². The van der Waals surface area contributed by atoms with Crippen LogP contribution in [-0.4, -0.2) is 49.1 Å². The second-order valence-electron chi connectivity index (χ2n) is 5.41. The Morgan fingerprint density at radius 3 is 2.59 bits per heavy atom. The standard InChI is InChI=1S/C13H25N3O/c1-3-16-8-5-11(6-9-16)15-13(17)12-10(2)4-7-14-12/h10-12,14H,3-9H2,1-2H3,(H,15,17). The highest BCUT2D eigenvalue weighted by atomic mass is 16.2. The maximum absolute atomic E-state index is 12.1. The first-order valence-electron chi connectivity index (χ1n) is 6.96. The monoisotopic (exact) mass is 239 g/mol. The fraction of sp³-hybridized carbons (Fsp3) is 0.923. The Morgan fingerprint density at radius 1 is 1.35 bits per heavy atom. The molecule has 2 saturated heterocycles. The number of rotatable bonds is 3. The summed E-state index contributed by atoms with van der Waals surface area (Å²) in [5, 5.41) is 6.50. The number of carbonyl (C=O) groups excluding carboxylic acids is 1. The van der Waals surface area contributed by atoms with Crippen molar-refractivity contribution in [2.45, 2.75) is 45.2 Å². The zero-order valence-corrected chi connectivity index (χ0v) is 11.0. The molecule has 0 spiro atoms. The van der Waals surface area contributed by atoms with E-state index in [4.69, 9.17) is 0 Å². The third-order valence-corrected chi connectivity index (χ3v) is 4.20. The van der Waals surface area contributed by atoms with Gasteiger partial charge in [-0.25, -0.2) is 0 Å². The van der Waals surface area contributed by atoms with Crippen molar-refractivity contribution >= 4 is 5.91 Å². The second-order valence-corrected chi connectivity index (χ2v) is 5.41. The Bertz CT molecular complexity index is 261. The number of likely N-dealkylation sites (tertiary alicyclic amines) is 1. The van der Waals surface area contributed by atoms with Crippen molar-refractivity contribution in [2.75, 3.05) is 26.2 Å². The molecule has 0 radical (unpaired) electrons. The summed E-state index contributed by atoms with van der Waals surface area (Å²) in [6.45, 7) is 8.70. The third kappa shape index (κ3) is 3.19. The van der Waals surface area contributed by atoms with Crippen molar-refractivity contribution in [3.8, 4) is 0 Å². The van der Waals surface area contributed by atoms with Crippen molar-refractivity contribution in [1.29, 1.82) is 0 Å². The molecule has 2 aliphatic rings. The molecule has 2 unspecified atom stereocenters. The number of piperidine rings is 1. The van der Waals surface area contributed by atoms with Crippen LogP contribution in [-0.2, 0) is 4.79 Å². The van der Waals surface area contributed by atoms with Gasteiger partial charge in [0.25, 0.3) is 0 Å². The van der Waals surface area contributed by atoms with Gasteiger partial charge in [0.1, 0.15) is 0 Å². The van der Waals surface area contributed by atoms with Gasteiger partial charge in [-0.2, -0.15) is 0 Å². The molecule has 1 amide bonds. The predicted molar refractivity (Wildman–Crippen MR) is 68.9 cm³/mol. The van der Waals surface area contributed by atoms with Crippen molar-refractivity contribution in [3.63, 3.8) is 0 Å². The van der Waals surface area contributed by atoms with E-state index < -0.39 is 0 Å². The topological polar surface area (TPSA) is 44.4 Å². The summed E-state index contributed by atoms with van der Waals surface area (Å²) in [6, 6.07) is 0.430. The highest BCUT2D eigenvalue weighted by Crippen LogP contribution is 2.16. The van der Waals surface area contributed by atoms with Gasteiger partial charge in [0.2, 0.25) is 5.91 Å². The van der Waals surface area contributed by atoms with Gasteiger partial charge in [0.05, 0.1) is 6.04 Å². The van der Waals surface area contributed by atoms with E-state index in [0.29, 0.717) is 12.0 Å². The first-order chi connectivity index (χ1) is 8.20. The highest BCUT2D eigenvalue weighted by Gasteiger charge is 2.31. The van der Waals surface area contributed by atoms with Crippen LogP contribution in [0, 0.1) is 5.92 Å². The molecule has 0 aromatic heterocycles. The molecule has 2 rings (SSSR count). The molecular weight excluding hydrogens is 214 g/mol. The fourth-order valence-corrected chi connectivity index (χ4v) is 2.87. The van der Waals surface area contributed by atoms with E-state index in [9.17, 15) is 4.79 Å². The Morgan fingerprint density at radius 2 is 2.06 bits per heavy atom. The summed E-state index contributed by atoms with van der Waals surface area (Å²) in [5.41, 5.74) is 0. The molecule has 0 aromatic carbocycles. The summed E-state index contributed by atoms with van der Waals surface area (Å²) in [4.78, 5) is 14.5. The second kappa shape index (κ2) is 5.83. The number of hydrogen-bond acceptors (Lipinski definition) is 3. The quantitative estimate of drug-likeness (QED) is 0.757. The van der Waals surface area contributed by atoms with Crippen molar-refractivity contribution in [3.05, 3.63) is 0 Å². The molecule has 2 aliphatic heterocycles. The molecule has 2 N–H and O–H groups in total. The largest absolute Gasteiger partial charge is 0.352 e. The van der Waals surface area contributed by atoms with Crippen LogP contribution in [0.2, 0.25) is 0 Å². The van der Waals surface area contributed by atoms with E-state index in [1.807, 2.05) is 0 Å². The fourth-order valence-electron chi connectivity index (χ4n) is 2.87. The number of hydrogen-bond donors (Lipinski definition) is 2. The number of nitrogens with one attached hydrogen (secondary N) is 2. The van der Waals surface area contributed by atoms with Gasteiger partial charge < -0.3 is 15.5 Å². The zero-order chi connectivity index (χ0) is 12.3. The molecule has 2 heterocycles. The first-order valence-corrected chi connectivity index (χ1v) is 6.96. The molecule has 0 aliphatic carbocycles. The van der Waals surface area contributed by atoms with Crippen LogP contribution < -0.4 is 10.6 Å². The average molecular weight is 239 g/mol. The Balaban J connectivity index is 1.76. The van der Waals surface area contributed by atoms with Crippen LogP contribution in [0.25, 0.3) is 0 Å². The third-order valence-electron chi connectivity index (χ3n) is 4.20. The Labute approximate surface area is 104 Å². The Hall–Kier alpha value is -0.610. The van der Waals surface area contributed by atoms with Crippen LogP contribution in [0.1, 0.15) is 33.1 Å². The normalized spacial score (nSPS) is 31.6. The lowest BCUT2D eigenvalue weighted by Crippen LogP contribution is -2.50. The van der Waals surface area contributed by atoms with Crippen LogP contribution in [0.4, 0.5) is 0 Å². The number of amides is 1. The average Bonchev–Trinajstić information content (AvgIpc) is 2.76. The van der Waals surface area contributed by atoms with E-state index in [0.717, 1.165) is 45.4 Å². The summed E-state index contributed by atoms with van der Waals surface area (Å²) in [5.74, 6) is 0.690. The van der Waals surface area contributed by atoms with Gasteiger partial charge in [-0.3, -0.25) is 4.79 Å². The summed E-state index contributed by atoms with van der Waals surface area (Å²) in [6.07, 6.45) is 3.31. The molecule has 98 valence electrons. The number of nitrogens with zero attached hydrogens (tertiary/aromatic N) is 1. The van der Waals surface area contributed by atoms with E-state index in [1.54, 1.807) is 0 Å². The zero-order valence-electron chi connectivity index (χ0n) is 11.0. The maximum Gasteiger partial charge on any atom is 0.237 e. The van der Waals surface area contributed by atoms with E-state index >= 15 is 0 Å². The van der Waals surface area contributed by atoms with Crippen molar-refractivity contribution in [1.82, 2.24) is 15.5 Å².